The number of rotatable bonds is 7. The Morgan fingerprint density at radius 1 is 1.36 bits per heavy atom. The Kier molecular flexibility index (Phi) is 5.00. The molecule has 0 saturated heterocycles. The van der Waals surface area contributed by atoms with Gasteiger partial charge in [0, 0.05) is 5.92 Å². The van der Waals surface area contributed by atoms with E-state index in [2.05, 4.69) is 4.74 Å². The predicted octanol–water partition coefficient (Wildman–Crippen LogP) is 3.34. The predicted molar refractivity (Wildman–Crippen MR) is 78.0 cm³/mol. The summed E-state index contributed by atoms with van der Waals surface area (Å²) in [6.07, 6.45) is -8.53. The first-order valence-corrected chi connectivity index (χ1v) is 7.56. The molecule has 0 spiro atoms. The molecule has 1 amide bonds. The molecule has 0 heterocycles. The second-order valence-corrected chi connectivity index (χ2v) is 6.37. The number of hydrogen-bond donors (Lipinski definition) is 2. The summed E-state index contributed by atoms with van der Waals surface area (Å²) in [6, 6.07) is 4.68. The number of benzene rings is 1. The summed E-state index contributed by atoms with van der Waals surface area (Å²) < 4.78 is 67.9. The first-order chi connectivity index (χ1) is 11.4. The van der Waals surface area contributed by atoms with Crippen LogP contribution in [0.4, 0.5) is 22.0 Å². The Hall–Kier alpha value is -1.90. The number of primary amides is 1. The Morgan fingerprint density at radius 2 is 1.96 bits per heavy atom. The van der Waals surface area contributed by atoms with Crippen LogP contribution in [-0.2, 0) is 4.79 Å². The maximum absolute atomic E-state index is 13.5. The van der Waals surface area contributed by atoms with E-state index in [1.165, 1.54) is 19.1 Å². The summed E-state index contributed by atoms with van der Waals surface area (Å²) in [7, 11) is 0. The maximum atomic E-state index is 13.5. The highest BCUT2D eigenvalue weighted by molar-refractivity contribution is 5.75. The van der Waals surface area contributed by atoms with Crippen LogP contribution in [0.25, 0.3) is 0 Å². The fourth-order valence-corrected chi connectivity index (χ4v) is 3.26. The molecule has 0 aromatic heterocycles. The number of halogens is 5. The third-order valence-electron chi connectivity index (χ3n) is 4.82. The van der Waals surface area contributed by atoms with Gasteiger partial charge in [-0.05, 0) is 30.5 Å². The van der Waals surface area contributed by atoms with Gasteiger partial charge in [0.15, 0.2) is 0 Å². The van der Waals surface area contributed by atoms with E-state index < -0.39 is 47.8 Å². The minimum Gasteiger partial charge on any atom is -0.406 e. The second-order valence-electron chi connectivity index (χ2n) is 6.37. The van der Waals surface area contributed by atoms with E-state index in [4.69, 9.17) is 5.73 Å². The van der Waals surface area contributed by atoms with Gasteiger partial charge in [-0.25, -0.2) is 8.78 Å². The molecule has 1 unspecified atom stereocenters. The normalized spacial score (nSPS) is 20.0. The fourth-order valence-electron chi connectivity index (χ4n) is 3.26. The van der Waals surface area contributed by atoms with Crippen molar-refractivity contribution in [3.63, 3.8) is 0 Å². The van der Waals surface area contributed by atoms with Crippen LogP contribution in [0, 0.1) is 5.41 Å². The molecule has 2 rings (SSSR count). The monoisotopic (exact) mass is 367 g/mol. The summed E-state index contributed by atoms with van der Waals surface area (Å²) in [5.74, 6) is -2.57. The van der Waals surface area contributed by atoms with E-state index in [0.29, 0.717) is 0 Å². The summed E-state index contributed by atoms with van der Waals surface area (Å²) >= 11 is 0. The molecule has 140 valence electrons. The van der Waals surface area contributed by atoms with Crippen LogP contribution in [-0.4, -0.2) is 29.4 Å². The van der Waals surface area contributed by atoms with Gasteiger partial charge in [-0.15, -0.1) is 13.2 Å². The molecule has 1 fully saturated rings. The van der Waals surface area contributed by atoms with Gasteiger partial charge >= 0.3 is 6.36 Å². The highest BCUT2D eigenvalue weighted by atomic mass is 19.4. The summed E-state index contributed by atoms with van der Waals surface area (Å²) in [5.41, 5.74) is 1.27. The van der Waals surface area contributed by atoms with Crippen molar-refractivity contribution < 1.29 is 36.6 Å². The third kappa shape index (κ3) is 3.86. The minimum absolute atomic E-state index is 0.00245. The number of carbonyl (C=O) groups is 1. The first kappa shape index (κ1) is 19.4. The van der Waals surface area contributed by atoms with Gasteiger partial charge in [0.25, 0.3) is 0 Å². The number of nitrogens with two attached hydrogens (primary N) is 1. The van der Waals surface area contributed by atoms with Crippen molar-refractivity contribution in [1.82, 2.24) is 0 Å². The quantitative estimate of drug-likeness (QED) is 0.726. The number of ether oxygens (including phenoxy) is 1. The molecule has 0 bridgehead atoms. The average Bonchev–Trinajstić information content (AvgIpc) is 3.26. The van der Waals surface area contributed by atoms with Crippen LogP contribution in [0.3, 0.4) is 0 Å². The molecular formula is C16H18F5NO3. The van der Waals surface area contributed by atoms with Crippen molar-refractivity contribution >= 4 is 5.91 Å². The smallest absolute Gasteiger partial charge is 0.406 e. The van der Waals surface area contributed by atoms with Gasteiger partial charge in [0.1, 0.15) is 5.75 Å². The van der Waals surface area contributed by atoms with E-state index in [1.807, 2.05) is 0 Å². The first-order valence-electron chi connectivity index (χ1n) is 7.56. The highest BCUT2D eigenvalue weighted by Gasteiger charge is 2.66. The Morgan fingerprint density at radius 3 is 2.40 bits per heavy atom. The number of carbonyl (C=O) groups excluding carboxylic acids is 1. The van der Waals surface area contributed by atoms with E-state index in [0.717, 1.165) is 12.1 Å². The molecule has 25 heavy (non-hydrogen) atoms. The standard InChI is InChI=1S/C16H18F5NO3/c1-9(10-3-2-4-11(7-10)25-16(19,20)21)15(24,8-12(22)23)14(5-6-14)13(17)18/h2-4,7,9,13,24H,5-6,8H2,1H3,(H2,22,23)/t9-,15?/m0/s1. The lowest BCUT2D eigenvalue weighted by Crippen LogP contribution is -2.50. The number of amides is 1. The summed E-state index contributed by atoms with van der Waals surface area (Å²) in [6.45, 7) is 1.37. The van der Waals surface area contributed by atoms with E-state index in [-0.39, 0.29) is 18.4 Å². The Labute approximate surface area is 140 Å². The Balaban J connectivity index is 2.39. The van der Waals surface area contributed by atoms with Crippen molar-refractivity contribution in [2.45, 2.75) is 50.5 Å². The van der Waals surface area contributed by atoms with Crippen LogP contribution < -0.4 is 10.5 Å². The van der Waals surface area contributed by atoms with E-state index in [9.17, 15) is 31.9 Å². The van der Waals surface area contributed by atoms with Crippen LogP contribution in [0.5, 0.6) is 5.75 Å². The van der Waals surface area contributed by atoms with Crippen LogP contribution in [0.15, 0.2) is 24.3 Å². The van der Waals surface area contributed by atoms with Gasteiger partial charge in [-0.2, -0.15) is 0 Å². The third-order valence-corrected chi connectivity index (χ3v) is 4.82. The molecule has 1 saturated carbocycles. The molecule has 3 N–H and O–H groups in total. The average molecular weight is 367 g/mol. The number of alkyl halides is 5. The molecule has 2 atom stereocenters. The number of hydrogen-bond acceptors (Lipinski definition) is 3. The zero-order valence-corrected chi connectivity index (χ0v) is 13.3. The van der Waals surface area contributed by atoms with Crippen molar-refractivity contribution in [2.75, 3.05) is 0 Å². The van der Waals surface area contributed by atoms with Crippen LogP contribution in [0.1, 0.15) is 37.7 Å². The van der Waals surface area contributed by atoms with Crippen molar-refractivity contribution in [3.05, 3.63) is 29.8 Å². The zero-order valence-electron chi connectivity index (χ0n) is 13.3. The highest BCUT2D eigenvalue weighted by Crippen LogP contribution is 2.63. The molecule has 1 aromatic rings. The topological polar surface area (TPSA) is 72.6 Å². The minimum atomic E-state index is -4.91. The van der Waals surface area contributed by atoms with Gasteiger partial charge < -0.3 is 15.6 Å². The van der Waals surface area contributed by atoms with Crippen molar-refractivity contribution in [3.8, 4) is 5.75 Å². The fraction of sp³-hybridized carbons (Fsp3) is 0.562. The van der Waals surface area contributed by atoms with Crippen molar-refractivity contribution in [1.29, 1.82) is 0 Å². The second kappa shape index (κ2) is 6.44. The van der Waals surface area contributed by atoms with E-state index in [1.54, 1.807) is 0 Å². The van der Waals surface area contributed by atoms with Gasteiger partial charge in [-0.3, -0.25) is 4.79 Å². The summed E-state index contributed by atoms with van der Waals surface area (Å²) in [4.78, 5) is 11.3. The SMILES string of the molecule is C[C@@H](c1cccc(OC(F)(F)F)c1)C(O)(CC(N)=O)C1(C(F)F)CC1. The molecule has 1 aliphatic rings. The van der Waals surface area contributed by atoms with Gasteiger partial charge in [-0.1, -0.05) is 19.1 Å². The van der Waals surface area contributed by atoms with Gasteiger partial charge in [0.2, 0.25) is 12.3 Å². The zero-order chi connectivity index (χ0) is 19.0. The molecular weight excluding hydrogens is 349 g/mol. The summed E-state index contributed by atoms with van der Waals surface area (Å²) in [5, 5.41) is 10.9. The van der Waals surface area contributed by atoms with Crippen LogP contribution in [0.2, 0.25) is 0 Å². The molecule has 0 radical (unpaired) electrons. The molecule has 4 nitrogen and oxygen atoms in total. The lowest BCUT2D eigenvalue weighted by molar-refractivity contribution is -0.274. The lowest BCUT2D eigenvalue weighted by Gasteiger charge is -2.41. The number of aliphatic hydroxyl groups is 1. The van der Waals surface area contributed by atoms with E-state index >= 15 is 0 Å². The largest absolute Gasteiger partial charge is 0.573 e. The maximum Gasteiger partial charge on any atom is 0.573 e. The molecule has 9 heteroatoms. The van der Waals surface area contributed by atoms with Crippen molar-refractivity contribution in [2.24, 2.45) is 11.1 Å². The molecule has 1 aromatic carbocycles. The molecule has 0 aliphatic heterocycles. The molecule has 1 aliphatic carbocycles. The lowest BCUT2D eigenvalue weighted by atomic mass is 9.70. The van der Waals surface area contributed by atoms with Gasteiger partial charge in [0.05, 0.1) is 17.4 Å². The Bertz CT molecular complexity index is 645. The van der Waals surface area contributed by atoms with Crippen LogP contribution >= 0.6 is 0 Å².